The summed E-state index contributed by atoms with van der Waals surface area (Å²) >= 11 is 0. The van der Waals surface area contributed by atoms with Gasteiger partial charge in [-0.05, 0) is 12.1 Å². The Morgan fingerprint density at radius 3 is 2.62 bits per heavy atom. The molecule has 0 radical (unpaired) electrons. The monoisotopic (exact) mass is 224 g/mol. The average molecular weight is 224 g/mol. The second-order valence-electron chi connectivity index (χ2n) is 3.42. The Labute approximate surface area is 90.8 Å². The molecule has 1 aromatic heterocycles. The van der Waals surface area contributed by atoms with Crippen LogP contribution >= 0.6 is 0 Å². The van der Waals surface area contributed by atoms with Crippen molar-refractivity contribution in [2.75, 3.05) is 12.8 Å². The van der Waals surface area contributed by atoms with E-state index in [-0.39, 0.29) is 6.61 Å². The smallest absolute Gasteiger partial charge is 0.161 e. The van der Waals surface area contributed by atoms with Crippen LogP contribution in [0.2, 0.25) is 0 Å². The molecule has 0 unspecified atom stereocenters. The summed E-state index contributed by atoms with van der Waals surface area (Å²) in [6, 6.07) is 3.66. The second kappa shape index (κ2) is 4.02. The van der Waals surface area contributed by atoms with Crippen LogP contribution in [-0.2, 0) is 11.3 Å². The van der Waals surface area contributed by atoms with Gasteiger partial charge in [0.15, 0.2) is 11.6 Å². The molecule has 0 aliphatic heterocycles. The number of benzene rings is 1. The standard InChI is InChI=1S/C11H10F2N2O/c1-16-5-6-2-10(14)7-3-8(12)9(13)4-11(7)15-6/h2-4H,5H2,1H3,(H2,14,15). The van der Waals surface area contributed by atoms with E-state index in [4.69, 9.17) is 10.5 Å². The van der Waals surface area contributed by atoms with Gasteiger partial charge in [-0.25, -0.2) is 8.78 Å². The molecule has 2 aromatic rings. The minimum absolute atomic E-state index is 0.277. The summed E-state index contributed by atoms with van der Waals surface area (Å²) in [6.45, 7) is 0.277. The Morgan fingerprint density at radius 2 is 1.94 bits per heavy atom. The molecule has 0 spiro atoms. The quantitative estimate of drug-likeness (QED) is 0.851. The van der Waals surface area contributed by atoms with Crippen molar-refractivity contribution in [3.05, 3.63) is 35.5 Å². The third-order valence-electron chi connectivity index (χ3n) is 2.23. The average Bonchev–Trinajstić information content (AvgIpc) is 2.22. The van der Waals surface area contributed by atoms with E-state index in [1.165, 1.54) is 7.11 Å². The number of hydrogen-bond donors (Lipinski definition) is 1. The molecule has 0 aliphatic rings. The number of rotatable bonds is 2. The highest BCUT2D eigenvalue weighted by molar-refractivity contribution is 5.90. The fraction of sp³-hybridized carbons (Fsp3) is 0.182. The molecule has 0 saturated carbocycles. The lowest BCUT2D eigenvalue weighted by atomic mass is 10.1. The first-order valence-corrected chi connectivity index (χ1v) is 4.65. The topological polar surface area (TPSA) is 48.1 Å². The van der Waals surface area contributed by atoms with Gasteiger partial charge in [0.2, 0.25) is 0 Å². The molecule has 0 amide bonds. The normalized spacial score (nSPS) is 10.9. The summed E-state index contributed by atoms with van der Waals surface area (Å²) in [5.41, 5.74) is 6.99. The van der Waals surface area contributed by atoms with Gasteiger partial charge in [0.1, 0.15) is 0 Å². The second-order valence-corrected chi connectivity index (χ2v) is 3.42. The molecule has 5 heteroatoms. The van der Waals surface area contributed by atoms with Crippen LogP contribution in [0, 0.1) is 11.6 Å². The van der Waals surface area contributed by atoms with Gasteiger partial charge < -0.3 is 10.5 Å². The van der Waals surface area contributed by atoms with Crippen LogP contribution in [0.15, 0.2) is 18.2 Å². The minimum Gasteiger partial charge on any atom is -0.398 e. The summed E-state index contributed by atoms with van der Waals surface area (Å²) in [6.07, 6.45) is 0. The molecule has 16 heavy (non-hydrogen) atoms. The van der Waals surface area contributed by atoms with E-state index < -0.39 is 11.6 Å². The van der Waals surface area contributed by atoms with Gasteiger partial charge >= 0.3 is 0 Å². The highest BCUT2D eigenvalue weighted by atomic mass is 19.2. The maximum Gasteiger partial charge on any atom is 0.161 e. The first kappa shape index (κ1) is 10.8. The first-order valence-electron chi connectivity index (χ1n) is 4.65. The van der Waals surface area contributed by atoms with Gasteiger partial charge in [-0.3, -0.25) is 4.98 Å². The molecule has 1 aromatic carbocycles. The molecule has 3 nitrogen and oxygen atoms in total. The zero-order valence-corrected chi connectivity index (χ0v) is 8.63. The Balaban J connectivity index is 2.67. The maximum absolute atomic E-state index is 13.0. The lowest BCUT2D eigenvalue weighted by Crippen LogP contribution is -1.98. The number of anilines is 1. The number of nitrogens with zero attached hydrogens (tertiary/aromatic N) is 1. The van der Waals surface area contributed by atoms with Crippen molar-refractivity contribution in [1.29, 1.82) is 0 Å². The van der Waals surface area contributed by atoms with E-state index >= 15 is 0 Å². The summed E-state index contributed by atoms with van der Waals surface area (Å²) in [5, 5.41) is 0.402. The molecule has 0 saturated heterocycles. The molecule has 0 aliphatic carbocycles. The van der Waals surface area contributed by atoms with Crippen LogP contribution in [-0.4, -0.2) is 12.1 Å². The van der Waals surface area contributed by atoms with Gasteiger partial charge in [0.25, 0.3) is 0 Å². The van der Waals surface area contributed by atoms with E-state index in [9.17, 15) is 8.78 Å². The van der Waals surface area contributed by atoms with E-state index in [1.54, 1.807) is 6.07 Å². The molecule has 2 rings (SSSR count). The van der Waals surface area contributed by atoms with Crippen LogP contribution in [0.4, 0.5) is 14.5 Å². The van der Waals surface area contributed by atoms with Gasteiger partial charge in [0.05, 0.1) is 17.8 Å². The lowest BCUT2D eigenvalue weighted by molar-refractivity contribution is 0.182. The van der Waals surface area contributed by atoms with Gasteiger partial charge in [-0.1, -0.05) is 0 Å². The molecule has 0 fully saturated rings. The Morgan fingerprint density at radius 1 is 1.25 bits per heavy atom. The molecular weight excluding hydrogens is 214 g/mol. The summed E-state index contributed by atoms with van der Waals surface area (Å²) in [7, 11) is 1.52. The van der Waals surface area contributed by atoms with Crippen molar-refractivity contribution in [2.45, 2.75) is 6.61 Å². The zero-order chi connectivity index (χ0) is 11.7. The number of aromatic nitrogens is 1. The fourth-order valence-corrected chi connectivity index (χ4v) is 1.53. The van der Waals surface area contributed by atoms with Crippen molar-refractivity contribution in [2.24, 2.45) is 0 Å². The summed E-state index contributed by atoms with van der Waals surface area (Å²) in [5.74, 6) is -1.87. The van der Waals surface area contributed by atoms with Crippen LogP contribution in [0.25, 0.3) is 10.9 Å². The van der Waals surface area contributed by atoms with Gasteiger partial charge in [-0.15, -0.1) is 0 Å². The Bertz CT molecular complexity index is 543. The van der Waals surface area contributed by atoms with Crippen LogP contribution in [0.5, 0.6) is 0 Å². The first-order chi connectivity index (χ1) is 7.61. The molecule has 0 bridgehead atoms. The van der Waals surface area contributed by atoms with E-state index in [2.05, 4.69) is 4.98 Å². The summed E-state index contributed by atoms with van der Waals surface area (Å²) < 4.78 is 30.9. The fourth-order valence-electron chi connectivity index (χ4n) is 1.53. The SMILES string of the molecule is COCc1cc(N)c2cc(F)c(F)cc2n1. The number of fused-ring (bicyclic) bond motifs is 1. The van der Waals surface area contributed by atoms with Crippen molar-refractivity contribution in [3.63, 3.8) is 0 Å². The Kier molecular flexibility index (Phi) is 2.70. The Hall–Kier alpha value is -1.75. The molecule has 84 valence electrons. The zero-order valence-electron chi connectivity index (χ0n) is 8.63. The van der Waals surface area contributed by atoms with Gasteiger partial charge in [-0.2, -0.15) is 0 Å². The largest absolute Gasteiger partial charge is 0.398 e. The van der Waals surface area contributed by atoms with Crippen LogP contribution in [0.3, 0.4) is 0 Å². The third-order valence-corrected chi connectivity index (χ3v) is 2.23. The predicted octanol–water partition coefficient (Wildman–Crippen LogP) is 2.24. The van der Waals surface area contributed by atoms with Gasteiger partial charge in [0, 0.05) is 24.2 Å². The van der Waals surface area contributed by atoms with Crippen molar-refractivity contribution >= 4 is 16.6 Å². The minimum atomic E-state index is -0.936. The predicted molar refractivity (Wildman–Crippen MR) is 56.8 cm³/mol. The van der Waals surface area contributed by atoms with Crippen molar-refractivity contribution in [1.82, 2.24) is 4.98 Å². The number of ether oxygens (including phenoxy) is 1. The highest BCUT2D eigenvalue weighted by Gasteiger charge is 2.08. The van der Waals surface area contributed by atoms with Crippen LogP contribution < -0.4 is 5.73 Å². The van der Waals surface area contributed by atoms with Crippen molar-refractivity contribution in [3.8, 4) is 0 Å². The number of nitrogen functional groups attached to an aromatic ring is 1. The number of pyridine rings is 1. The number of nitrogens with two attached hydrogens (primary N) is 1. The molecule has 1 heterocycles. The lowest BCUT2D eigenvalue weighted by Gasteiger charge is -2.06. The van der Waals surface area contributed by atoms with Crippen molar-refractivity contribution < 1.29 is 13.5 Å². The highest BCUT2D eigenvalue weighted by Crippen LogP contribution is 2.23. The van der Waals surface area contributed by atoms with Crippen LogP contribution in [0.1, 0.15) is 5.69 Å². The van der Waals surface area contributed by atoms with E-state index in [0.717, 1.165) is 12.1 Å². The number of methoxy groups -OCH3 is 1. The maximum atomic E-state index is 13.0. The van der Waals surface area contributed by atoms with E-state index in [0.29, 0.717) is 22.3 Å². The molecular formula is C11H10F2N2O. The molecule has 0 atom stereocenters. The summed E-state index contributed by atoms with van der Waals surface area (Å²) in [4.78, 5) is 4.12. The third kappa shape index (κ3) is 1.81. The number of halogens is 2. The van der Waals surface area contributed by atoms with E-state index in [1.807, 2.05) is 0 Å². The molecule has 2 N–H and O–H groups in total. The number of hydrogen-bond acceptors (Lipinski definition) is 3.